The first-order chi connectivity index (χ1) is 32.0. The fourth-order valence-corrected chi connectivity index (χ4v) is 11.0. The van der Waals surface area contributed by atoms with Crippen molar-refractivity contribution in [2.24, 2.45) is 0 Å². The maximum absolute atomic E-state index is 14.4. The molecule has 0 saturated heterocycles. The second-order valence-electron chi connectivity index (χ2n) is 18.8. The van der Waals surface area contributed by atoms with Crippen molar-refractivity contribution in [2.45, 2.75) is 38.5 Å². The lowest BCUT2D eigenvalue weighted by molar-refractivity contribution is 0.627. The normalized spacial score (nSPS) is 13.8. The Balaban J connectivity index is 0.953. The van der Waals surface area contributed by atoms with Crippen molar-refractivity contribution in [1.29, 1.82) is 0 Å². The summed E-state index contributed by atoms with van der Waals surface area (Å²) in [6.07, 6.45) is 0. The first-order valence-corrected chi connectivity index (χ1v) is 22.7. The van der Waals surface area contributed by atoms with Gasteiger partial charge in [0.1, 0.15) is 11.6 Å². The minimum atomic E-state index is -0.336. The number of nitrogens with zero attached hydrogens (tertiary/aromatic N) is 2. The molecule has 0 amide bonds. The van der Waals surface area contributed by atoms with Gasteiger partial charge in [0.2, 0.25) is 0 Å². The molecule has 318 valence electrons. The minimum absolute atomic E-state index is 0.164. The molecule has 0 saturated carbocycles. The lowest BCUT2D eigenvalue weighted by Crippen LogP contribution is -2.17. The Bertz CT molecular complexity index is 3550. The average molecular weight is 857 g/mol. The summed E-state index contributed by atoms with van der Waals surface area (Å²) in [5.74, 6) is -0.528. The van der Waals surface area contributed by atoms with Gasteiger partial charge in [-0.15, -0.1) is 0 Å². The van der Waals surface area contributed by atoms with Crippen LogP contribution in [0.15, 0.2) is 206 Å². The molecule has 0 aromatic heterocycles. The van der Waals surface area contributed by atoms with Crippen molar-refractivity contribution >= 4 is 55.7 Å². The van der Waals surface area contributed by atoms with Crippen LogP contribution in [0.25, 0.3) is 54.9 Å². The zero-order valence-corrected chi connectivity index (χ0v) is 37.3. The first-order valence-electron chi connectivity index (χ1n) is 22.7. The fraction of sp³-hybridized carbons (Fsp3) is 0.0968. The second-order valence-corrected chi connectivity index (χ2v) is 18.8. The number of hydrogen-bond donors (Lipinski definition) is 0. The molecule has 0 heterocycles. The largest absolute Gasteiger partial charge is 0.310 e. The monoisotopic (exact) mass is 856 g/mol. The van der Waals surface area contributed by atoms with Gasteiger partial charge in [-0.25, -0.2) is 8.78 Å². The van der Waals surface area contributed by atoms with E-state index < -0.39 is 0 Å². The predicted molar refractivity (Wildman–Crippen MR) is 271 cm³/mol. The van der Waals surface area contributed by atoms with E-state index in [4.69, 9.17) is 0 Å². The van der Waals surface area contributed by atoms with Gasteiger partial charge in [0.25, 0.3) is 0 Å². The van der Waals surface area contributed by atoms with E-state index in [2.05, 4.69) is 195 Å². The Morgan fingerprint density at radius 1 is 0.318 bits per heavy atom. The van der Waals surface area contributed by atoms with E-state index in [0.717, 1.165) is 45.1 Å². The van der Waals surface area contributed by atoms with E-state index in [0.29, 0.717) is 0 Å². The van der Waals surface area contributed by atoms with Crippen molar-refractivity contribution in [3.05, 3.63) is 240 Å². The zero-order valence-electron chi connectivity index (χ0n) is 37.3. The highest BCUT2D eigenvalue weighted by Gasteiger charge is 2.39. The topological polar surface area (TPSA) is 6.48 Å². The molecule has 2 nitrogen and oxygen atoms in total. The van der Waals surface area contributed by atoms with E-state index in [-0.39, 0.29) is 22.5 Å². The zero-order chi connectivity index (χ0) is 44.9. The predicted octanol–water partition coefficient (Wildman–Crippen LogP) is 17.5. The molecule has 0 fully saturated rings. The van der Waals surface area contributed by atoms with Gasteiger partial charge in [-0.1, -0.05) is 131 Å². The number of rotatable bonds is 7. The number of benzene rings is 10. The van der Waals surface area contributed by atoms with Crippen molar-refractivity contribution in [3.63, 3.8) is 0 Å². The van der Waals surface area contributed by atoms with Crippen molar-refractivity contribution < 1.29 is 8.78 Å². The Kier molecular flexibility index (Phi) is 8.95. The Labute approximate surface area is 384 Å². The molecule has 0 spiro atoms. The van der Waals surface area contributed by atoms with Crippen LogP contribution in [0.1, 0.15) is 49.9 Å². The van der Waals surface area contributed by atoms with Crippen molar-refractivity contribution in [3.8, 4) is 33.4 Å². The van der Waals surface area contributed by atoms with Crippen LogP contribution in [0.5, 0.6) is 0 Å². The molecule has 0 radical (unpaired) electrons. The van der Waals surface area contributed by atoms with Gasteiger partial charge in [0.15, 0.2) is 0 Å². The molecule has 4 heteroatoms. The van der Waals surface area contributed by atoms with E-state index in [9.17, 15) is 8.78 Å². The molecular formula is C62H46F2N2. The number of halogens is 2. The quantitative estimate of drug-likeness (QED) is 0.158. The summed E-state index contributed by atoms with van der Waals surface area (Å²) in [5, 5.41) is 4.72. The Morgan fingerprint density at radius 2 is 0.773 bits per heavy atom. The number of fused-ring (bicyclic) bond motifs is 9. The number of anilines is 6. The third-order valence-electron chi connectivity index (χ3n) is 14.3. The highest BCUT2D eigenvalue weighted by Crippen LogP contribution is 2.55. The highest BCUT2D eigenvalue weighted by atomic mass is 19.1. The minimum Gasteiger partial charge on any atom is -0.310 e. The molecule has 10 aromatic carbocycles. The van der Waals surface area contributed by atoms with Crippen LogP contribution in [-0.2, 0) is 10.8 Å². The molecular weight excluding hydrogens is 811 g/mol. The van der Waals surface area contributed by atoms with Gasteiger partial charge < -0.3 is 9.80 Å². The van der Waals surface area contributed by atoms with Crippen LogP contribution in [0.3, 0.4) is 0 Å². The summed E-state index contributed by atoms with van der Waals surface area (Å²) in [7, 11) is 0. The van der Waals surface area contributed by atoms with Gasteiger partial charge in [0.05, 0.1) is 0 Å². The molecule has 0 unspecified atom stereocenters. The molecule has 66 heavy (non-hydrogen) atoms. The summed E-state index contributed by atoms with van der Waals surface area (Å²) < 4.78 is 28.8. The maximum atomic E-state index is 14.4. The van der Waals surface area contributed by atoms with Gasteiger partial charge in [0, 0.05) is 45.0 Å². The Hall–Kier alpha value is -7.82. The molecule has 12 rings (SSSR count). The van der Waals surface area contributed by atoms with E-state index >= 15 is 0 Å². The smallest absolute Gasteiger partial charge is 0.123 e. The molecule has 0 N–H and O–H groups in total. The maximum Gasteiger partial charge on any atom is 0.123 e. The molecule has 2 aliphatic rings. The summed E-state index contributed by atoms with van der Waals surface area (Å²) in [6, 6.07) is 70.7. The van der Waals surface area contributed by atoms with Crippen molar-refractivity contribution in [2.75, 3.05) is 9.80 Å². The van der Waals surface area contributed by atoms with Crippen LogP contribution in [0.4, 0.5) is 42.9 Å². The highest BCUT2D eigenvalue weighted by molar-refractivity contribution is 6.09. The standard InChI is InChI=1S/C62H46F2N2/c1-61(2)56-16-10-9-14-51(56)52-33-31-48(36-57(52)61)65(45-27-20-42(63)21-28-45)44-24-18-40(19-25-44)55-38-59-60(53-15-8-7-13-50(53)55)54-34-32-49(37-58(54)62(59,3)4)66(46-29-22-43(64)23-30-46)47-26-17-39-11-5-6-12-41(39)35-47/h5-38H,1-4H3. The average Bonchev–Trinajstić information content (AvgIpc) is 3.71. The third-order valence-corrected chi connectivity index (χ3v) is 14.3. The third kappa shape index (κ3) is 6.19. The van der Waals surface area contributed by atoms with Crippen LogP contribution in [-0.4, -0.2) is 0 Å². The number of hydrogen-bond acceptors (Lipinski definition) is 2. The first kappa shape index (κ1) is 39.7. The summed E-state index contributed by atoms with van der Waals surface area (Å²) in [5.41, 5.74) is 17.8. The second kappa shape index (κ2) is 14.9. The van der Waals surface area contributed by atoms with Crippen molar-refractivity contribution in [1.82, 2.24) is 0 Å². The molecule has 0 aliphatic heterocycles. The molecule has 2 aliphatic carbocycles. The van der Waals surface area contributed by atoms with E-state index in [1.165, 1.54) is 90.5 Å². The van der Waals surface area contributed by atoms with Crippen LogP contribution in [0.2, 0.25) is 0 Å². The van der Waals surface area contributed by atoms with Gasteiger partial charge in [-0.05, 0) is 180 Å². The molecule has 10 aromatic rings. The SMILES string of the molecule is CC1(C)c2ccccc2-c2ccc(N(c3ccc(F)cc3)c3ccc(-c4cc5c(c6ccccc46)-c4ccc(N(c6ccc(F)cc6)c6ccc7ccccc7c6)cc4C5(C)C)cc3)cc21. The molecule has 0 bridgehead atoms. The van der Waals surface area contributed by atoms with E-state index in [1.54, 1.807) is 0 Å². The van der Waals surface area contributed by atoms with Gasteiger partial charge in [-0.3, -0.25) is 0 Å². The van der Waals surface area contributed by atoms with E-state index in [1.807, 2.05) is 24.3 Å². The molecule has 0 atom stereocenters. The summed E-state index contributed by atoms with van der Waals surface area (Å²) in [4.78, 5) is 4.46. The van der Waals surface area contributed by atoms with Gasteiger partial charge in [-0.2, -0.15) is 0 Å². The van der Waals surface area contributed by atoms with Crippen LogP contribution in [0, 0.1) is 11.6 Å². The fourth-order valence-electron chi connectivity index (χ4n) is 11.0. The summed E-state index contributed by atoms with van der Waals surface area (Å²) in [6.45, 7) is 9.26. The van der Waals surface area contributed by atoms with Gasteiger partial charge >= 0.3 is 0 Å². The van der Waals surface area contributed by atoms with Crippen LogP contribution < -0.4 is 9.80 Å². The lowest BCUT2D eigenvalue weighted by Gasteiger charge is -2.28. The lowest BCUT2D eigenvalue weighted by atomic mass is 9.80. The van der Waals surface area contributed by atoms with Crippen LogP contribution >= 0.6 is 0 Å². The Morgan fingerprint density at radius 3 is 1.44 bits per heavy atom. The summed E-state index contributed by atoms with van der Waals surface area (Å²) >= 11 is 0.